The Balaban J connectivity index is 4.53. The molecule has 0 aromatic rings. The summed E-state index contributed by atoms with van der Waals surface area (Å²) in [5.41, 5.74) is 0. The number of allylic oxidation sites excluding steroid dienone is 15. The molecule has 58 heavy (non-hydrogen) atoms. The van der Waals surface area contributed by atoms with Crippen LogP contribution >= 0.6 is 7.82 Å². The number of phosphoric ester groups is 1. The first-order valence-electron chi connectivity index (χ1n) is 22.6. The Morgan fingerprint density at radius 2 is 1.03 bits per heavy atom. The van der Waals surface area contributed by atoms with Crippen LogP contribution in [0.2, 0.25) is 0 Å². The highest BCUT2D eigenvalue weighted by Gasteiger charge is 2.27. The van der Waals surface area contributed by atoms with E-state index in [0.717, 1.165) is 70.6 Å². The van der Waals surface area contributed by atoms with Gasteiger partial charge in [-0.05, 0) is 70.6 Å². The Kier molecular flexibility index (Phi) is 38.1. The van der Waals surface area contributed by atoms with E-state index in [0.29, 0.717) is 17.4 Å². The quantitative estimate of drug-likeness (QED) is 0.0247. The summed E-state index contributed by atoms with van der Waals surface area (Å²) in [5.74, 6) is -0.240. The molecule has 0 aliphatic carbocycles. The first-order chi connectivity index (χ1) is 28.0. The van der Waals surface area contributed by atoms with Gasteiger partial charge < -0.3 is 19.8 Å². The normalized spacial score (nSPS) is 15.2. The Bertz CT molecular complexity index is 1260. The lowest BCUT2D eigenvalue weighted by Crippen LogP contribution is -2.45. The van der Waals surface area contributed by atoms with E-state index >= 15 is 0 Å². The highest BCUT2D eigenvalue weighted by atomic mass is 31.2. The fourth-order valence-corrected chi connectivity index (χ4v) is 6.47. The number of aliphatic hydroxyl groups is 1. The third kappa shape index (κ3) is 41.6. The van der Waals surface area contributed by atoms with Gasteiger partial charge in [-0.1, -0.05) is 175 Å². The Morgan fingerprint density at radius 3 is 1.50 bits per heavy atom. The van der Waals surface area contributed by atoms with Crippen LogP contribution < -0.4 is 5.32 Å². The van der Waals surface area contributed by atoms with E-state index in [9.17, 15) is 19.4 Å². The smallest absolute Gasteiger partial charge is 0.387 e. The lowest BCUT2D eigenvalue weighted by atomic mass is 10.0. The van der Waals surface area contributed by atoms with E-state index in [2.05, 4.69) is 104 Å². The minimum Gasteiger partial charge on any atom is -0.387 e. The summed E-state index contributed by atoms with van der Waals surface area (Å²) in [6.07, 6.45) is 56.3. The summed E-state index contributed by atoms with van der Waals surface area (Å²) in [4.78, 5) is 23.1. The number of amides is 1. The van der Waals surface area contributed by atoms with Gasteiger partial charge in [0.05, 0.1) is 39.9 Å². The SMILES string of the molecule is CC/C=C\C/C=C\C/C=C\C/C=C\C/C=C\C/C=C\C/C=C\CCCC(=O)NC(COP(=O)(O)OCC[N+](C)(C)C)C(O)/C=C/CCCCCCCCCCCCC. The Morgan fingerprint density at radius 1 is 0.603 bits per heavy atom. The standard InChI is InChI=1S/C49H85N2O6P/c1-6-8-10-12-14-16-18-20-21-22-23-24-25-26-27-28-29-31-33-35-37-39-41-43-49(53)50-47(46-57-58(54,55)56-45-44-51(3,4)5)48(52)42-40-38-36-34-32-30-19-17-15-13-11-9-7-2/h8,10,14,16,20-21,23-24,26-27,29,31,35,37,40,42,47-48,52H,6-7,9,11-13,15,17-19,22,25,28,30,32-34,36,38-39,41,43-46H2,1-5H3,(H-,50,53,54,55)/p+1/b10-8-,16-14-,21-20-,24-23-,27-26-,31-29-,37-35-,42-40+. The fourth-order valence-electron chi connectivity index (χ4n) is 5.73. The molecular formula is C49H86N2O6P+. The average molecular weight is 830 g/mol. The molecule has 0 heterocycles. The Labute approximate surface area is 356 Å². The summed E-state index contributed by atoms with van der Waals surface area (Å²) in [6.45, 7) is 4.62. The molecule has 0 bridgehead atoms. The number of carbonyl (C=O) groups excluding carboxylic acids is 1. The molecule has 0 rings (SSSR count). The van der Waals surface area contributed by atoms with Gasteiger partial charge >= 0.3 is 7.82 Å². The first kappa shape index (κ1) is 55.4. The van der Waals surface area contributed by atoms with E-state index in [1.54, 1.807) is 6.08 Å². The number of rotatable bonds is 39. The van der Waals surface area contributed by atoms with Crippen LogP contribution in [0.15, 0.2) is 97.2 Å². The van der Waals surface area contributed by atoms with Gasteiger partial charge in [0, 0.05) is 6.42 Å². The maximum absolute atomic E-state index is 12.9. The van der Waals surface area contributed by atoms with Crippen molar-refractivity contribution < 1.29 is 32.9 Å². The van der Waals surface area contributed by atoms with E-state index in [1.165, 1.54) is 57.8 Å². The van der Waals surface area contributed by atoms with Gasteiger partial charge in [-0.25, -0.2) is 4.57 Å². The van der Waals surface area contributed by atoms with Gasteiger partial charge in [0.25, 0.3) is 0 Å². The maximum atomic E-state index is 12.9. The first-order valence-corrected chi connectivity index (χ1v) is 24.1. The number of unbranched alkanes of at least 4 members (excludes halogenated alkanes) is 12. The van der Waals surface area contributed by atoms with Crippen molar-refractivity contribution in [1.82, 2.24) is 5.32 Å². The van der Waals surface area contributed by atoms with Crippen LogP contribution in [-0.4, -0.2) is 73.4 Å². The number of nitrogens with one attached hydrogen (secondary N) is 1. The Hall–Kier alpha value is -2.58. The van der Waals surface area contributed by atoms with Gasteiger partial charge in [-0.15, -0.1) is 0 Å². The van der Waals surface area contributed by atoms with Crippen molar-refractivity contribution in [3.63, 3.8) is 0 Å². The van der Waals surface area contributed by atoms with Gasteiger partial charge in [0.2, 0.25) is 5.91 Å². The number of phosphoric acid groups is 1. The van der Waals surface area contributed by atoms with Crippen LogP contribution in [0.3, 0.4) is 0 Å². The van der Waals surface area contributed by atoms with E-state index in [-0.39, 0.29) is 25.5 Å². The van der Waals surface area contributed by atoms with Crippen molar-refractivity contribution in [3.8, 4) is 0 Å². The van der Waals surface area contributed by atoms with Crippen molar-refractivity contribution in [2.45, 2.75) is 167 Å². The summed E-state index contributed by atoms with van der Waals surface area (Å²) >= 11 is 0. The molecule has 0 saturated heterocycles. The van der Waals surface area contributed by atoms with Crippen molar-refractivity contribution >= 4 is 13.7 Å². The summed E-state index contributed by atoms with van der Waals surface area (Å²) in [6, 6.07) is -0.882. The topological polar surface area (TPSA) is 105 Å². The van der Waals surface area contributed by atoms with Crippen molar-refractivity contribution in [2.75, 3.05) is 40.9 Å². The summed E-state index contributed by atoms with van der Waals surface area (Å²) in [5, 5.41) is 13.8. The molecule has 3 atom stereocenters. The summed E-state index contributed by atoms with van der Waals surface area (Å²) < 4.78 is 23.5. The predicted molar refractivity (Wildman–Crippen MR) is 249 cm³/mol. The van der Waals surface area contributed by atoms with E-state index in [4.69, 9.17) is 9.05 Å². The minimum absolute atomic E-state index is 0.0450. The zero-order chi connectivity index (χ0) is 42.8. The van der Waals surface area contributed by atoms with Crippen LogP contribution in [0, 0.1) is 0 Å². The number of quaternary nitrogens is 1. The zero-order valence-electron chi connectivity index (χ0n) is 37.5. The average Bonchev–Trinajstić information content (AvgIpc) is 3.17. The molecule has 0 aromatic carbocycles. The second-order valence-corrected chi connectivity index (χ2v) is 17.5. The van der Waals surface area contributed by atoms with E-state index in [1.807, 2.05) is 27.2 Å². The molecule has 1 amide bonds. The molecule has 8 nitrogen and oxygen atoms in total. The molecule has 3 N–H and O–H groups in total. The molecular weight excluding hydrogens is 744 g/mol. The molecule has 0 aliphatic heterocycles. The van der Waals surface area contributed by atoms with Crippen LogP contribution in [0.25, 0.3) is 0 Å². The highest BCUT2D eigenvalue weighted by Crippen LogP contribution is 2.43. The van der Waals surface area contributed by atoms with Crippen molar-refractivity contribution in [2.24, 2.45) is 0 Å². The monoisotopic (exact) mass is 830 g/mol. The molecule has 332 valence electrons. The molecule has 0 fully saturated rings. The van der Waals surface area contributed by atoms with Crippen LogP contribution in [0.4, 0.5) is 0 Å². The molecule has 0 aliphatic rings. The highest BCUT2D eigenvalue weighted by molar-refractivity contribution is 7.47. The molecule has 3 unspecified atom stereocenters. The third-order valence-electron chi connectivity index (χ3n) is 9.31. The molecule has 9 heteroatoms. The second-order valence-electron chi connectivity index (χ2n) is 16.0. The molecule has 0 spiro atoms. The number of hydrogen-bond donors (Lipinski definition) is 3. The van der Waals surface area contributed by atoms with Crippen LogP contribution in [0.1, 0.15) is 155 Å². The molecule has 0 radical (unpaired) electrons. The number of likely N-dealkylation sites (N-methyl/N-ethyl adjacent to an activating group) is 1. The number of aliphatic hydroxyl groups excluding tert-OH is 1. The lowest BCUT2D eigenvalue weighted by Gasteiger charge is -2.25. The predicted octanol–water partition coefficient (Wildman–Crippen LogP) is 12.7. The molecule has 0 saturated carbocycles. The van der Waals surface area contributed by atoms with Gasteiger partial charge in [0.1, 0.15) is 13.2 Å². The summed E-state index contributed by atoms with van der Waals surface area (Å²) in [7, 11) is 1.52. The van der Waals surface area contributed by atoms with Gasteiger partial charge in [0.15, 0.2) is 0 Å². The zero-order valence-corrected chi connectivity index (χ0v) is 38.4. The minimum atomic E-state index is -4.36. The number of hydrogen-bond acceptors (Lipinski definition) is 5. The van der Waals surface area contributed by atoms with Gasteiger partial charge in [-0.2, -0.15) is 0 Å². The van der Waals surface area contributed by atoms with E-state index < -0.39 is 20.0 Å². The third-order valence-corrected chi connectivity index (χ3v) is 10.3. The fraction of sp³-hybridized carbons (Fsp3) is 0.653. The largest absolute Gasteiger partial charge is 0.472 e. The molecule has 0 aromatic heterocycles. The second kappa shape index (κ2) is 39.9. The van der Waals surface area contributed by atoms with Crippen molar-refractivity contribution in [1.29, 1.82) is 0 Å². The number of nitrogens with zero attached hydrogens (tertiary/aromatic N) is 1. The van der Waals surface area contributed by atoms with Crippen LogP contribution in [-0.2, 0) is 18.4 Å². The maximum Gasteiger partial charge on any atom is 0.472 e. The number of carbonyl (C=O) groups is 1. The lowest BCUT2D eigenvalue weighted by molar-refractivity contribution is -0.870. The van der Waals surface area contributed by atoms with Crippen LogP contribution in [0.5, 0.6) is 0 Å². The van der Waals surface area contributed by atoms with Gasteiger partial charge in [-0.3, -0.25) is 13.8 Å². The van der Waals surface area contributed by atoms with Crippen molar-refractivity contribution in [3.05, 3.63) is 97.2 Å².